The molecular formula is C11H9F2NO2. The highest BCUT2D eigenvalue weighted by atomic mass is 19.3. The van der Waals surface area contributed by atoms with Crippen LogP contribution in [0.1, 0.15) is 40.4 Å². The van der Waals surface area contributed by atoms with Gasteiger partial charge >= 0.3 is 5.97 Å². The predicted molar refractivity (Wildman–Crippen MR) is 52.5 cm³/mol. The molecule has 0 fully saturated rings. The van der Waals surface area contributed by atoms with Gasteiger partial charge in [-0.2, -0.15) is 5.26 Å². The number of carboxylic acid groups (broad SMARTS) is 1. The SMILES string of the molecule is CCc1ccc(C(F)F)c(C(=O)O)c1C#N. The highest BCUT2D eigenvalue weighted by molar-refractivity contribution is 5.93. The lowest BCUT2D eigenvalue weighted by Crippen LogP contribution is -2.08. The van der Waals surface area contributed by atoms with Crippen molar-refractivity contribution in [1.29, 1.82) is 5.26 Å². The summed E-state index contributed by atoms with van der Waals surface area (Å²) in [6.07, 6.45) is -2.48. The van der Waals surface area contributed by atoms with E-state index in [0.29, 0.717) is 12.0 Å². The molecule has 0 radical (unpaired) electrons. The Labute approximate surface area is 90.9 Å². The molecular weight excluding hydrogens is 216 g/mol. The van der Waals surface area contributed by atoms with E-state index in [1.807, 2.05) is 0 Å². The summed E-state index contributed by atoms with van der Waals surface area (Å²) in [7, 11) is 0. The molecule has 0 heterocycles. The van der Waals surface area contributed by atoms with Crippen LogP contribution in [0, 0.1) is 11.3 Å². The number of nitrogens with zero attached hydrogens (tertiary/aromatic N) is 1. The van der Waals surface area contributed by atoms with Gasteiger partial charge in [0.1, 0.15) is 6.07 Å². The van der Waals surface area contributed by atoms with Crippen molar-refractivity contribution in [1.82, 2.24) is 0 Å². The van der Waals surface area contributed by atoms with Gasteiger partial charge in [0.2, 0.25) is 0 Å². The monoisotopic (exact) mass is 225 g/mol. The zero-order valence-electron chi connectivity index (χ0n) is 8.50. The van der Waals surface area contributed by atoms with Gasteiger partial charge in [-0.25, -0.2) is 13.6 Å². The van der Waals surface area contributed by atoms with E-state index in [1.165, 1.54) is 6.07 Å². The van der Waals surface area contributed by atoms with Crippen molar-refractivity contribution in [3.05, 3.63) is 34.4 Å². The van der Waals surface area contributed by atoms with Crippen molar-refractivity contribution in [3.8, 4) is 6.07 Å². The minimum absolute atomic E-state index is 0.173. The Balaban J connectivity index is 3.59. The topological polar surface area (TPSA) is 61.1 Å². The average Bonchev–Trinajstić information content (AvgIpc) is 2.26. The molecule has 0 amide bonds. The Kier molecular flexibility index (Phi) is 3.56. The standard InChI is InChI=1S/C11H9F2NO2/c1-2-6-3-4-7(10(12)13)9(11(15)16)8(6)5-14/h3-4,10H,2H2,1H3,(H,15,16). The van der Waals surface area contributed by atoms with Gasteiger partial charge < -0.3 is 5.11 Å². The fraction of sp³-hybridized carbons (Fsp3) is 0.273. The smallest absolute Gasteiger partial charge is 0.337 e. The first-order valence-corrected chi connectivity index (χ1v) is 4.60. The second-order valence-corrected chi connectivity index (χ2v) is 3.14. The van der Waals surface area contributed by atoms with E-state index in [9.17, 15) is 13.6 Å². The second-order valence-electron chi connectivity index (χ2n) is 3.14. The summed E-state index contributed by atoms with van der Waals surface area (Å²) >= 11 is 0. The van der Waals surface area contributed by atoms with E-state index >= 15 is 0 Å². The number of benzene rings is 1. The first-order chi connectivity index (χ1) is 7.52. The Hall–Kier alpha value is -1.96. The number of carbonyl (C=O) groups is 1. The number of aromatic carboxylic acids is 1. The van der Waals surface area contributed by atoms with E-state index in [-0.39, 0.29) is 5.56 Å². The maximum absolute atomic E-state index is 12.6. The number of hydrogen-bond donors (Lipinski definition) is 1. The van der Waals surface area contributed by atoms with Gasteiger partial charge in [0.15, 0.2) is 0 Å². The Morgan fingerprint density at radius 3 is 2.56 bits per heavy atom. The third-order valence-electron chi connectivity index (χ3n) is 2.27. The molecule has 16 heavy (non-hydrogen) atoms. The molecule has 84 valence electrons. The summed E-state index contributed by atoms with van der Waals surface area (Å²) in [6.45, 7) is 1.73. The van der Waals surface area contributed by atoms with Crippen LogP contribution >= 0.6 is 0 Å². The van der Waals surface area contributed by atoms with Crippen LogP contribution in [0.2, 0.25) is 0 Å². The van der Waals surface area contributed by atoms with Crippen LogP contribution < -0.4 is 0 Å². The average molecular weight is 225 g/mol. The number of halogens is 2. The largest absolute Gasteiger partial charge is 0.478 e. The minimum atomic E-state index is -2.90. The molecule has 0 atom stereocenters. The van der Waals surface area contributed by atoms with Crippen LogP contribution in [0.3, 0.4) is 0 Å². The highest BCUT2D eigenvalue weighted by Gasteiger charge is 2.23. The van der Waals surface area contributed by atoms with Crippen LogP contribution in [0.5, 0.6) is 0 Å². The van der Waals surface area contributed by atoms with Gasteiger partial charge in [0.25, 0.3) is 6.43 Å². The molecule has 1 rings (SSSR count). The fourth-order valence-corrected chi connectivity index (χ4v) is 1.50. The first-order valence-electron chi connectivity index (χ1n) is 4.60. The molecule has 0 aliphatic rings. The van der Waals surface area contributed by atoms with E-state index in [2.05, 4.69) is 0 Å². The molecule has 3 nitrogen and oxygen atoms in total. The Morgan fingerprint density at radius 2 is 2.19 bits per heavy atom. The number of rotatable bonds is 3. The molecule has 0 unspecified atom stereocenters. The number of hydrogen-bond acceptors (Lipinski definition) is 2. The van der Waals surface area contributed by atoms with Crippen molar-refractivity contribution in [3.63, 3.8) is 0 Å². The Bertz CT molecular complexity index is 464. The summed E-state index contributed by atoms with van der Waals surface area (Å²) < 4.78 is 25.1. The summed E-state index contributed by atoms with van der Waals surface area (Å²) in [5, 5.41) is 17.7. The van der Waals surface area contributed by atoms with E-state index in [0.717, 1.165) is 6.07 Å². The van der Waals surface area contributed by atoms with Gasteiger partial charge in [-0.1, -0.05) is 19.1 Å². The normalized spacial score (nSPS) is 10.2. The molecule has 0 aliphatic heterocycles. The molecule has 0 bridgehead atoms. The van der Waals surface area contributed by atoms with Crippen LogP contribution in [0.25, 0.3) is 0 Å². The maximum atomic E-state index is 12.6. The van der Waals surface area contributed by atoms with Crippen LogP contribution in [0.4, 0.5) is 8.78 Å². The molecule has 1 N–H and O–H groups in total. The van der Waals surface area contributed by atoms with Crippen molar-refractivity contribution in [2.45, 2.75) is 19.8 Å². The third-order valence-corrected chi connectivity index (χ3v) is 2.27. The lowest BCUT2D eigenvalue weighted by atomic mass is 9.95. The first kappa shape index (κ1) is 12.1. The Morgan fingerprint density at radius 1 is 1.56 bits per heavy atom. The van der Waals surface area contributed by atoms with Crippen molar-refractivity contribution in [2.24, 2.45) is 0 Å². The highest BCUT2D eigenvalue weighted by Crippen LogP contribution is 2.27. The van der Waals surface area contributed by atoms with E-state index in [1.54, 1.807) is 13.0 Å². The van der Waals surface area contributed by atoms with Gasteiger partial charge in [0.05, 0.1) is 11.1 Å². The number of alkyl halides is 2. The molecule has 0 aromatic heterocycles. The number of nitriles is 1. The van der Waals surface area contributed by atoms with Gasteiger partial charge in [-0.15, -0.1) is 0 Å². The van der Waals surface area contributed by atoms with E-state index in [4.69, 9.17) is 10.4 Å². The van der Waals surface area contributed by atoms with E-state index < -0.39 is 23.5 Å². The molecule has 0 spiro atoms. The van der Waals surface area contributed by atoms with Crippen LogP contribution in [-0.2, 0) is 6.42 Å². The summed E-state index contributed by atoms with van der Waals surface area (Å²) in [6, 6.07) is 4.11. The zero-order valence-corrected chi connectivity index (χ0v) is 8.50. The van der Waals surface area contributed by atoms with Gasteiger partial charge in [-0.3, -0.25) is 0 Å². The molecule has 5 heteroatoms. The summed E-state index contributed by atoms with van der Waals surface area (Å²) in [5.74, 6) is -1.50. The number of carboxylic acids is 1. The predicted octanol–water partition coefficient (Wildman–Crippen LogP) is 2.76. The fourth-order valence-electron chi connectivity index (χ4n) is 1.50. The lowest BCUT2D eigenvalue weighted by Gasteiger charge is -2.09. The summed E-state index contributed by atoms with van der Waals surface area (Å²) in [5.41, 5.74) is -0.907. The van der Waals surface area contributed by atoms with Crippen LogP contribution in [0.15, 0.2) is 12.1 Å². The molecule has 0 saturated carbocycles. The van der Waals surface area contributed by atoms with Gasteiger partial charge in [-0.05, 0) is 12.0 Å². The van der Waals surface area contributed by atoms with Crippen molar-refractivity contribution in [2.75, 3.05) is 0 Å². The lowest BCUT2D eigenvalue weighted by molar-refractivity contribution is 0.0684. The minimum Gasteiger partial charge on any atom is -0.478 e. The summed E-state index contributed by atoms with van der Waals surface area (Å²) in [4.78, 5) is 10.9. The van der Waals surface area contributed by atoms with Crippen molar-refractivity contribution < 1.29 is 18.7 Å². The van der Waals surface area contributed by atoms with Crippen molar-refractivity contribution >= 4 is 5.97 Å². The third kappa shape index (κ3) is 2.01. The quantitative estimate of drug-likeness (QED) is 0.860. The maximum Gasteiger partial charge on any atom is 0.337 e. The van der Waals surface area contributed by atoms with Crippen LogP contribution in [-0.4, -0.2) is 11.1 Å². The molecule has 1 aromatic carbocycles. The van der Waals surface area contributed by atoms with Gasteiger partial charge in [0, 0.05) is 5.56 Å². The second kappa shape index (κ2) is 4.71. The number of aryl methyl sites for hydroxylation is 1. The molecule has 0 aliphatic carbocycles. The molecule has 1 aromatic rings. The molecule has 0 saturated heterocycles. The zero-order chi connectivity index (χ0) is 12.3.